The second-order valence-electron chi connectivity index (χ2n) is 3.38. The van der Waals surface area contributed by atoms with Gasteiger partial charge in [0.25, 0.3) is 11.8 Å². The van der Waals surface area contributed by atoms with Gasteiger partial charge in [-0.2, -0.15) is 0 Å². The number of imide groups is 1. The van der Waals surface area contributed by atoms with Crippen LogP contribution in [0.2, 0.25) is 0 Å². The Labute approximate surface area is 81.7 Å². The molecule has 0 bridgehead atoms. The number of ether oxygens (including phenoxy) is 1. The minimum Gasteiger partial charge on any atom is -0.378 e. The van der Waals surface area contributed by atoms with E-state index >= 15 is 0 Å². The molecule has 1 fully saturated rings. The molecule has 2 heterocycles. The zero-order valence-corrected chi connectivity index (χ0v) is 7.90. The highest BCUT2D eigenvalue weighted by Gasteiger charge is 2.39. The fourth-order valence-electron chi connectivity index (χ4n) is 1.88. The summed E-state index contributed by atoms with van der Waals surface area (Å²) < 4.78 is 5.20. The van der Waals surface area contributed by atoms with Crippen LogP contribution in [0.25, 0.3) is 0 Å². The molecule has 5 nitrogen and oxygen atoms in total. The van der Waals surface area contributed by atoms with E-state index in [2.05, 4.69) is 5.32 Å². The molecule has 2 rings (SSSR count). The molecular weight excluding hydrogens is 184 g/mol. The van der Waals surface area contributed by atoms with Crippen molar-refractivity contribution in [2.24, 2.45) is 0 Å². The van der Waals surface area contributed by atoms with E-state index in [0.29, 0.717) is 13.1 Å². The second-order valence-corrected chi connectivity index (χ2v) is 3.38. The van der Waals surface area contributed by atoms with Crippen LogP contribution < -0.4 is 5.32 Å². The van der Waals surface area contributed by atoms with Gasteiger partial charge < -0.3 is 10.1 Å². The van der Waals surface area contributed by atoms with Crippen LogP contribution in [0.1, 0.15) is 0 Å². The minimum absolute atomic E-state index is 0.0946. The molecule has 0 aromatic rings. The third-order valence-electron chi connectivity index (χ3n) is 2.61. The van der Waals surface area contributed by atoms with Gasteiger partial charge in [-0.1, -0.05) is 0 Å². The van der Waals surface area contributed by atoms with Crippen molar-refractivity contribution in [2.75, 3.05) is 20.2 Å². The summed E-state index contributed by atoms with van der Waals surface area (Å²) in [5.41, 5.74) is 0. The summed E-state index contributed by atoms with van der Waals surface area (Å²) in [6.07, 6.45) is 2.50. The van der Waals surface area contributed by atoms with Gasteiger partial charge in [0.05, 0.1) is 12.1 Å². The molecule has 2 aliphatic rings. The highest BCUT2D eigenvalue weighted by atomic mass is 16.5. The van der Waals surface area contributed by atoms with E-state index in [4.69, 9.17) is 4.74 Å². The first kappa shape index (κ1) is 9.36. The Bertz CT molecular complexity index is 282. The lowest BCUT2D eigenvalue weighted by atomic mass is 10.2. The van der Waals surface area contributed by atoms with Crippen molar-refractivity contribution < 1.29 is 14.3 Å². The largest absolute Gasteiger partial charge is 0.378 e. The van der Waals surface area contributed by atoms with Crippen LogP contribution in [0.15, 0.2) is 12.2 Å². The van der Waals surface area contributed by atoms with Crippen molar-refractivity contribution in [2.45, 2.75) is 12.1 Å². The van der Waals surface area contributed by atoms with Crippen LogP contribution in [-0.2, 0) is 14.3 Å². The maximum Gasteiger partial charge on any atom is 0.254 e. The van der Waals surface area contributed by atoms with Crippen LogP contribution in [-0.4, -0.2) is 49.1 Å². The fraction of sp³-hybridized carbons (Fsp3) is 0.556. The summed E-state index contributed by atoms with van der Waals surface area (Å²) in [6.45, 7) is 1.29. The topological polar surface area (TPSA) is 58.6 Å². The molecule has 76 valence electrons. The van der Waals surface area contributed by atoms with Gasteiger partial charge in [-0.3, -0.25) is 14.5 Å². The molecule has 2 amide bonds. The number of carbonyl (C=O) groups excluding carboxylic acids is 2. The third kappa shape index (κ3) is 1.34. The lowest BCUT2D eigenvalue weighted by Crippen LogP contribution is -2.47. The van der Waals surface area contributed by atoms with E-state index in [0.717, 1.165) is 0 Å². The van der Waals surface area contributed by atoms with E-state index in [-0.39, 0.29) is 24.0 Å². The van der Waals surface area contributed by atoms with Gasteiger partial charge in [0.2, 0.25) is 0 Å². The average molecular weight is 196 g/mol. The number of hydrogen-bond donors (Lipinski definition) is 1. The zero-order valence-electron chi connectivity index (χ0n) is 7.90. The fourth-order valence-corrected chi connectivity index (χ4v) is 1.88. The van der Waals surface area contributed by atoms with Crippen LogP contribution in [0.4, 0.5) is 0 Å². The first-order valence-corrected chi connectivity index (χ1v) is 4.53. The lowest BCUT2D eigenvalue weighted by Gasteiger charge is -2.25. The quantitative estimate of drug-likeness (QED) is 0.569. The number of amides is 2. The maximum absolute atomic E-state index is 11.4. The molecule has 2 unspecified atom stereocenters. The SMILES string of the molecule is COC1CNCC1N1C(=O)C=CC1=O. The van der Waals surface area contributed by atoms with Crippen molar-refractivity contribution in [3.8, 4) is 0 Å². The van der Waals surface area contributed by atoms with E-state index < -0.39 is 0 Å². The normalized spacial score (nSPS) is 31.9. The second kappa shape index (κ2) is 3.51. The summed E-state index contributed by atoms with van der Waals surface area (Å²) in [4.78, 5) is 24.0. The number of rotatable bonds is 2. The average Bonchev–Trinajstić information content (AvgIpc) is 2.73. The smallest absolute Gasteiger partial charge is 0.254 e. The molecule has 0 aromatic heterocycles. The Morgan fingerprint density at radius 2 is 2.00 bits per heavy atom. The molecule has 1 saturated heterocycles. The molecule has 0 spiro atoms. The van der Waals surface area contributed by atoms with Crippen molar-refractivity contribution in [1.29, 1.82) is 0 Å². The molecular formula is C9H12N2O3. The van der Waals surface area contributed by atoms with Crippen LogP contribution >= 0.6 is 0 Å². The first-order chi connectivity index (χ1) is 6.74. The van der Waals surface area contributed by atoms with E-state index in [1.54, 1.807) is 7.11 Å². The number of hydrogen-bond acceptors (Lipinski definition) is 4. The summed E-state index contributed by atoms with van der Waals surface area (Å²) in [5.74, 6) is -0.489. The van der Waals surface area contributed by atoms with Gasteiger partial charge in [0.15, 0.2) is 0 Å². The van der Waals surface area contributed by atoms with Crippen molar-refractivity contribution in [1.82, 2.24) is 10.2 Å². The van der Waals surface area contributed by atoms with E-state index in [1.165, 1.54) is 17.1 Å². The summed E-state index contributed by atoms with van der Waals surface area (Å²) in [5, 5.41) is 3.09. The number of carbonyl (C=O) groups is 2. The number of methoxy groups -OCH3 is 1. The van der Waals surface area contributed by atoms with Crippen LogP contribution in [0.5, 0.6) is 0 Å². The molecule has 2 aliphatic heterocycles. The van der Waals surface area contributed by atoms with Crippen molar-refractivity contribution in [3.05, 3.63) is 12.2 Å². The molecule has 14 heavy (non-hydrogen) atoms. The molecule has 0 saturated carbocycles. The monoisotopic (exact) mass is 196 g/mol. The predicted molar refractivity (Wildman–Crippen MR) is 48.4 cm³/mol. The van der Waals surface area contributed by atoms with Crippen LogP contribution in [0.3, 0.4) is 0 Å². The number of nitrogens with zero attached hydrogens (tertiary/aromatic N) is 1. The Balaban J connectivity index is 2.14. The summed E-state index contributed by atoms with van der Waals surface area (Å²) in [7, 11) is 1.59. The van der Waals surface area contributed by atoms with E-state index in [1.807, 2.05) is 0 Å². The number of nitrogens with one attached hydrogen (secondary N) is 1. The molecule has 5 heteroatoms. The predicted octanol–water partition coefficient (Wildman–Crippen LogP) is -1.10. The Morgan fingerprint density at radius 1 is 1.36 bits per heavy atom. The summed E-state index contributed by atoms with van der Waals surface area (Å²) in [6, 6.07) is -0.171. The van der Waals surface area contributed by atoms with Gasteiger partial charge in [0.1, 0.15) is 0 Å². The Hall–Kier alpha value is -1.20. The first-order valence-electron chi connectivity index (χ1n) is 4.53. The van der Waals surface area contributed by atoms with Gasteiger partial charge in [0, 0.05) is 32.4 Å². The van der Waals surface area contributed by atoms with Gasteiger partial charge in [-0.15, -0.1) is 0 Å². The highest BCUT2D eigenvalue weighted by molar-refractivity contribution is 6.13. The maximum atomic E-state index is 11.4. The van der Waals surface area contributed by atoms with E-state index in [9.17, 15) is 9.59 Å². The molecule has 0 aromatic carbocycles. The van der Waals surface area contributed by atoms with Gasteiger partial charge in [-0.05, 0) is 0 Å². The standard InChI is InChI=1S/C9H12N2O3/c1-14-7-5-10-4-6(7)11-8(12)2-3-9(11)13/h2-3,6-7,10H,4-5H2,1H3. The van der Waals surface area contributed by atoms with Crippen molar-refractivity contribution in [3.63, 3.8) is 0 Å². The van der Waals surface area contributed by atoms with Crippen LogP contribution in [0, 0.1) is 0 Å². The third-order valence-corrected chi connectivity index (χ3v) is 2.61. The molecule has 2 atom stereocenters. The highest BCUT2D eigenvalue weighted by Crippen LogP contribution is 2.16. The minimum atomic E-state index is -0.245. The van der Waals surface area contributed by atoms with Gasteiger partial charge in [-0.25, -0.2) is 0 Å². The summed E-state index contributed by atoms with van der Waals surface area (Å²) >= 11 is 0. The molecule has 0 aliphatic carbocycles. The Kier molecular flexibility index (Phi) is 2.35. The van der Waals surface area contributed by atoms with Gasteiger partial charge >= 0.3 is 0 Å². The molecule has 1 N–H and O–H groups in total. The zero-order chi connectivity index (χ0) is 10.1. The lowest BCUT2D eigenvalue weighted by molar-refractivity contribution is -0.141. The Morgan fingerprint density at radius 3 is 2.57 bits per heavy atom. The van der Waals surface area contributed by atoms with Crippen molar-refractivity contribution >= 4 is 11.8 Å². The molecule has 0 radical (unpaired) electrons.